The summed E-state index contributed by atoms with van der Waals surface area (Å²) < 4.78 is 5.41. The van der Waals surface area contributed by atoms with E-state index in [0.717, 1.165) is 12.0 Å². The Kier molecular flexibility index (Phi) is 3.49. The van der Waals surface area contributed by atoms with Crippen molar-refractivity contribution >= 4 is 23.6 Å². The van der Waals surface area contributed by atoms with E-state index in [2.05, 4.69) is 0 Å². The van der Waals surface area contributed by atoms with Gasteiger partial charge in [-0.05, 0) is 25.5 Å². The maximum absolute atomic E-state index is 13.0. The van der Waals surface area contributed by atoms with Crippen molar-refractivity contribution in [1.82, 2.24) is 9.80 Å². The van der Waals surface area contributed by atoms with Gasteiger partial charge in [-0.2, -0.15) is 0 Å². The second kappa shape index (κ2) is 5.47. The van der Waals surface area contributed by atoms with E-state index in [1.807, 2.05) is 25.1 Å². The molecule has 1 spiro atoms. The molecule has 132 valence electrons. The molecule has 3 aliphatic heterocycles. The number of carbonyl (C=O) groups is 3. The maximum Gasteiger partial charge on any atom is 0.410 e. The first kappa shape index (κ1) is 15.9. The molecule has 1 aromatic carbocycles. The lowest BCUT2D eigenvalue weighted by molar-refractivity contribution is -0.117. The van der Waals surface area contributed by atoms with Crippen LogP contribution in [0.1, 0.15) is 28.8 Å². The zero-order valence-corrected chi connectivity index (χ0v) is 14.4. The molecule has 3 amide bonds. The van der Waals surface area contributed by atoms with E-state index in [4.69, 9.17) is 4.74 Å². The second-order valence-corrected chi connectivity index (χ2v) is 7.24. The normalized spacial score (nSPS) is 21.8. The van der Waals surface area contributed by atoms with Crippen LogP contribution in [0.25, 0.3) is 0 Å². The van der Waals surface area contributed by atoms with Crippen molar-refractivity contribution in [3.05, 3.63) is 29.3 Å². The Morgan fingerprint density at radius 3 is 2.56 bits per heavy atom. The van der Waals surface area contributed by atoms with E-state index in [9.17, 15) is 14.4 Å². The van der Waals surface area contributed by atoms with Crippen LogP contribution in [0.2, 0.25) is 0 Å². The van der Waals surface area contributed by atoms with E-state index >= 15 is 0 Å². The molecule has 3 aliphatic rings. The van der Waals surface area contributed by atoms with Crippen LogP contribution in [0.3, 0.4) is 0 Å². The number of hydrogen-bond donors (Lipinski definition) is 0. The number of ether oxygens (including phenoxy) is 1. The van der Waals surface area contributed by atoms with E-state index in [-0.39, 0.29) is 17.9 Å². The van der Waals surface area contributed by atoms with Crippen LogP contribution in [-0.2, 0) is 9.53 Å². The van der Waals surface area contributed by atoms with E-state index in [1.54, 1.807) is 16.8 Å². The highest BCUT2D eigenvalue weighted by molar-refractivity contribution is 6.06. The first-order valence-electron chi connectivity index (χ1n) is 8.53. The van der Waals surface area contributed by atoms with Gasteiger partial charge in [0.2, 0.25) is 5.91 Å². The zero-order valence-electron chi connectivity index (χ0n) is 14.4. The highest BCUT2D eigenvalue weighted by Crippen LogP contribution is 2.35. The molecule has 1 aromatic rings. The molecule has 7 nitrogen and oxygen atoms in total. The van der Waals surface area contributed by atoms with Gasteiger partial charge >= 0.3 is 6.09 Å². The summed E-state index contributed by atoms with van der Waals surface area (Å²) in [5, 5.41) is 0. The molecule has 0 atom stereocenters. The average Bonchev–Trinajstić information content (AvgIpc) is 3.09. The lowest BCUT2D eigenvalue weighted by Gasteiger charge is -2.45. The summed E-state index contributed by atoms with van der Waals surface area (Å²) in [7, 11) is 1.69. The summed E-state index contributed by atoms with van der Waals surface area (Å²) in [5.74, 6) is -0.0565. The number of rotatable bonds is 2. The fraction of sp³-hybridized carbons (Fsp3) is 0.500. The molecule has 0 aromatic heterocycles. The van der Waals surface area contributed by atoms with Crippen molar-refractivity contribution in [2.24, 2.45) is 0 Å². The first-order chi connectivity index (χ1) is 11.9. The van der Waals surface area contributed by atoms with Gasteiger partial charge in [0.1, 0.15) is 0 Å². The number of hydrogen-bond acceptors (Lipinski definition) is 4. The molecule has 3 saturated heterocycles. The Morgan fingerprint density at radius 2 is 1.96 bits per heavy atom. The third-order valence-corrected chi connectivity index (χ3v) is 5.13. The Bertz CT molecular complexity index is 770. The Balaban J connectivity index is 1.56. The van der Waals surface area contributed by atoms with E-state index in [1.165, 1.54) is 4.90 Å². The molecule has 3 fully saturated rings. The molecular weight excluding hydrogens is 322 g/mol. The van der Waals surface area contributed by atoms with Crippen molar-refractivity contribution < 1.29 is 19.1 Å². The number of aryl methyl sites for hydroxylation is 1. The summed E-state index contributed by atoms with van der Waals surface area (Å²) in [6, 6.07) is 5.61. The second-order valence-electron chi connectivity index (χ2n) is 7.24. The van der Waals surface area contributed by atoms with Gasteiger partial charge in [0.25, 0.3) is 5.91 Å². The summed E-state index contributed by atoms with van der Waals surface area (Å²) in [6.45, 7) is 3.86. The van der Waals surface area contributed by atoms with Crippen molar-refractivity contribution in [2.75, 3.05) is 38.1 Å². The number of likely N-dealkylation sites (tertiary alicyclic amines) is 1. The molecule has 0 radical (unpaired) electrons. The molecule has 25 heavy (non-hydrogen) atoms. The SMILES string of the molecule is Cc1ccc(N2CCCC2=O)c(C(=O)N2CC3(CN(C)C(=O)O3)C2)c1. The minimum atomic E-state index is -0.574. The van der Waals surface area contributed by atoms with Crippen LogP contribution < -0.4 is 4.90 Å². The number of anilines is 1. The molecular formula is C18H21N3O4. The van der Waals surface area contributed by atoms with Gasteiger partial charge in [-0.1, -0.05) is 11.6 Å². The van der Waals surface area contributed by atoms with Gasteiger partial charge in [-0.15, -0.1) is 0 Å². The van der Waals surface area contributed by atoms with Crippen LogP contribution in [0.4, 0.5) is 10.5 Å². The lowest BCUT2D eigenvalue weighted by atomic mass is 9.92. The number of nitrogens with zero attached hydrogens (tertiary/aromatic N) is 3. The smallest absolute Gasteiger partial charge is 0.410 e. The van der Waals surface area contributed by atoms with Gasteiger partial charge in [0.15, 0.2) is 5.60 Å². The van der Waals surface area contributed by atoms with Crippen LogP contribution >= 0.6 is 0 Å². The molecule has 7 heteroatoms. The lowest BCUT2D eigenvalue weighted by Crippen LogP contribution is -2.65. The topological polar surface area (TPSA) is 70.2 Å². The monoisotopic (exact) mass is 343 g/mol. The average molecular weight is 343 g/mol. The highest BCUT2D eigenvalue weighted by Gasteiger charge is 2.54. The van der Waals surface area contributed by atoms with Crippen molar-refractivity contribution in [3.8, 4) is 0 Å². The molecule has 0 saturated carbocycles. The van der Waals surface area contributed by atoms with E-state index < -0.39 is 5.60 Å². The summed E-state index contributed by atoms with van der Waals surface area (Å²) in [6.07, 6.45) is 0.998. The summed E-state index contributed by atoms with van der Waals surface area (Å²) in [4.78, 5) is 41.6. The Hall–Kier alpha value is -2.57. The Labute approximate surface area is 146 Å². The summed E-state index contributed by atoms with van der Waals surface area (Å²) in [5.41, 5.74) is 1.62. The van der Waals surface area contributed by atoms with Crippen LogP contribution in [0.15, 0.2) is 18.2 Å². The number of amides is 3. The molecule has 0 unspecified atom stereocenters. The summed E-state index contributed by atoms with van der Waals surface area (Å²) >= 11 is 0. The number of carbonyl (C=O) groups excluding carboxylic acids is 3. The van der Waals surface area contributed by atoms with Crippen molar-refractivity contribution in [2.45, 2.75) is 25.4 Å². The maximum atomic E-state index is 13.0. The molecule has 0 aliphatic carbocycles. The fourth-order valence-corrected chi connectivity index (χ4v) is 3.88. The molecule has 0 N–H and O–H groups in total. The molecule has 0 bridgehead atoms. The third kappa shape index (κ3) is 2.54. The highest BCUT2D eigenvalue weighted by atomic mass is 16.6. The van der Waals surface area contributed by atoms with E-state index in [0.29, 0.717) is 43.9 Å². The predicted molar refractivity (Wildman–Crippen MR) is 90.5 cm³/mol. The van der Waals surface area contributed by atoms with Gasteiger partial charge in [0.05, 0.1) is 30.9 Å². The number of likely N-dealkylation sites (N-methyl/N-ethyl adjacent to an activating group) is 1. The fourth-order valence-electron chi connectivity index (χ4n) is 3.88. The zero-order chi connectivity index (χ0) is 17.8. The molecule has 4 rings (SSSR count). The standard InChI is InChI=1S/C18H21N3O4/c1-12-5-6-14(21-7-3-4-15(21)22)13(8-12)16(23)20-10-18(11-20)9-19(2)17(24)25-18/h5-6,8H,3-4,7,9-11H2,1-2H3. The van der Waals surface area contributed by atoms with Crippen molar-refractivity contribution in [1.29, 1.82) is 0 Å². The minimum absolute atomic E-state index is 0.0596. The van der Waals surface area contributed by atoms with Gasteiger partial charge in [0, 0.05) is 20.0 Å². The number of benzene rings is 1. The first-order valence-corrected chi connectivity index (χ1v) is 8.53. The largest absolute Gasteiger partial charge is 0.437 e. The van der Waals surface area contributed by atoms with Crippen LogP contribution in [-0.4, -0.2) is 66.5 Å². The van der Waals surface area contributed by atoms with Crippen molar-refractivity contribution in [3.63, 3.8) is 0 Å². The quantitative estimate of drug-likeness (QED) is 0.814. The van der Waals surface area contributed by atoms with Gasteiger partial charge in [-0.3, -0.25) is 9.59 Å². The Morgan fingerprint density at radius 1 is 1.20 bits per heavy atom. The van der Waals surface area contributed by atoms with Gasteiger partial charge in [-0.25, -0.2) is 4.79 Å². The van der Waals surface area contributed by atoms with Crippen LogP contribution in [0.5, 0.6) is 0 Å². The molecule has 3 heterocycles. The minimum Gasteiger partial charge on any atom is -0.437 e. The third-order valence-electron chi connectivity index (χ3n) is 5.13. The van der Waals surface area contributed by atoms with Crippen LogP contribution in [0, 0.1) is 6.92 Å². The van der Waals surface area contributed by atoms with Gasteiger partial charge < -0.3 is 19.4 Å². The predicted octanol–water partition coefficient (Wildman–Crippen LogP) is 1.40.